The fourth-order valence-electron chi connectivity index (χ4n) is 3.73. The Hall–Kier alpha value is -2.04. The van der Waals surface area contributed by atoms with Gasteiger partial charge >= 0.3 is 6.09 Å². The van der Waals surface area contributed by atoms with E-state index in [1.807, 2.05) is 24.3 Å². The minimum atomic E-state index is -0.990. The molecule has 0 spiro atoms. The largest absolute Gasteiger partial charge is 0.465 e. The molecule has 0 radical (unpaired) electrons. The third kappa shape index (κ3) is 4.33. The highest BCUT2D eigenvalue weighted by molar-refractivity contribution is 6.30. The van der Waals surface area contributed by atoms with Crippen molar-refractivity contribution in [2.24, 2.45) is 0 Å². The summed E-state index contributed by atoms with van der Waals surface area (Å²) in [6, 6.07) is 13.9. The number of hydrogen-bond acceptors (Lipinski definition) is 2. The predicted octanol–water partition coefficient (Wildman–Crippen LogP) is 3.78. The molecule has 5 heteroatoms. The molecule has 25 heavy (non-hydrogen) atoms. The normalized spacial score (nSPS) is 19.3. The quantitative estimate of drug-likeness (QED) is 0.760. The Morgan fingerprint density at radius 2 is 2.04 bits per heavy atom. The Morgan fingerprint density at radius 1 is 1.20 bits per heavy atom. The number of aliphatic hydroxyl groups excluding tert-OH is 1. The Kier molecular flexibility index (Phi) is 5.61. The Morgan fingerprint density at radius 3 is 2.76 bits per heavy atom. The summed E-state index contributed by atoms with van der Waals surface area (Å²) in [5, 5.41) is 21.8. The number of halogens is 1. The number of nitrogens with one attached hydrogen (secondary N) is 1. The van der Waals surface area contributed by atoms with Gasteiger partial charge in [-0.2, -0.15) is 0 Å². The van der Waals surface area contributed by atoms with Gasteiger partial charge in [0.1, 0.15) is 0 Å². The van der Waals surface area contributed by atoms with E-state index in [0.717, 1.165) is 30.4 Å². The van der Waals surface area contributed by atoms with E-state index in [1.165, 1.54) is 11.1 Å². The zero-order chi connectivity index (χ0) is 17.8. The van der Waals surface area contributed by atoms with Gasteiger partial charge in [-0.15, -0.1) is 0 Å². The average Bonchev–Trinajstić information content (AvgIpc) is 2.57. The maximum atomic E-state index is 11.2. The third-order valence-corrected chi connectivity index (χ3v) is 5.11. The standard InChI is InChI=1S/C20H22ClNO3/c21-16-3-1-2-14(10-16)12-18-17-11-13(8-9-23)4-5-15(17)6-7-19(18)22-20(24)25/h1-5,10-11,18-19,22-23H,6-9,12H2,(H,24,25). The highest BCUT2D eigenvalue weighted by Gasteiger charge is 2.31. The minimum Gasteiger partial charge on any atom is -0.465 e. The highest BCUT2D eigenvalue weighted by Crippen LogP contribution is 2.35. The molecule has 1 aliphatic carbocycles. The molecule has 132 valence electrons. The van der Waals surface area contributed by atoms with Gasteiger partial charge in [0.2, 0.25) is 0 Å². The first-order valence-electron chi connectivity index (χ1n) is 8.53. The first-order valence-corrected chi connectivity index (χ1v) is 8.91. The molecular formula is C20H22ClNO3. The fraction of sp³-hybridized carbons (Fsp3) is 0.350. The second-order valence-electron chi connectivity index (χ2n) is 6.54. The summed E-state index contributed by atoms with van der Waals surface area (Å²) in [5.41, 5.74) is 4.61. The lowest BCUT2D eigenvalue weighted by Crippen LogP contribution is -2.42. The van der Waals surface area contributed by atoms with Crippen LogP contribution < -0.4 is 5.32 Å². The van der Waals surface area contributed by atoms with E-state index in [2.05, 4.69) is 23.5 Å². The van der Waals surface area contributed by atoms with E-state index >= 15 is 0 Å². The van der Waals surface area contributed by atoms with Crippen molar-refractivity contribution >= 4 is 17.7 Å². The van der Waals surface area contributed by atoms with E-state index in [9.17, 15) is 15.0 Å². The van der Waals surface area contributed by atoms with E-state index in [4.69, 9.17) is 11.6 Å². The number of carbonyl (C=O) groups is 1. The summed E-state index contributed by atoms with van der Waals surface area (Å²) in [7, 11) is 0. The van der Waals surface area contributed by atoms with Crippen molar-refractivity contribution in [3.63, 3.8) is 0 Å². The molecule has 3 rings (SSSR count). The van der Waals surface area contributed by atoms with Gasteiger partial charge in [0, 0.05) is 23.6 Å². The van der Waals surface area contributed by atoms with Crippen LogP contribution in [0.5, 0.6) is 0 Å². The zero-order valence-corrected chi connectivity index (χ0v) is 14.7. The van der Waals surface area contributed by atoms with Crippen molar-refractivity contribution < 1.29 is 15.0 Å². The van der Waals surface area contributed by atoms with Crippen molar-refractivity contribution in [1.82, 2.24) is 5.32 Å². The summed E-state index contributed by atoms with van der Waals surface area (Å²) in [4.78, 5) is 11.2. The van der Waals surface area contributed by atoms with Crippen LogP contribution in [0.15, 0.2) is 42.5 Å². The smallest absolute Gasteiger partial charge is 0.404 e. The maximum Gasteiger partial charge on any atom is 0.404 e. The number of carboxylic acid groups (broad SMARTS) is 1. The van der Waals surface area contributed by atoms with Crippen molar-refractivity contribution in [3.8, 4) is 0 Å². The van der Waals surface area contributed by atoms with Crippen LogP contribution in [0.4, 0.5) is 4.79 Å². The monoisotopic (exact) mass is 359 g/mol. The Balaban J connectivity index is 1.96. The number of benzene rings is 2. The predicted molar refractivity (Wildman–Crippen MR) is 98.4 cm³/mol. The van der Waals surface area contributed by atoms with E-state index in [1.54, 1.807) is 0 Å². The lowest BCUT2D eigenvalue weighted by molar-refractivity contribution is 0.185. The first kappa shape index (κ1) is 17.8. The van der Waals surface area contributed by atoms with Gasteiger partial charge in [0.25, 0.3) is 0 Å². The van der Waals surface area contributed by atoms with E-state index < -0.39 is 6.09 Å². The molecule has 0 aliphatic heterocycles. The molecule has 0 aromatic heterocycles. The number of amides is 1. The van der Waals surface area contributed by atoms with E-state index in [-0.39, 0.29) is 18.6 Å². The summed E-state index contributed by atoms with van der Waals surface area (Å²) < 4.78 is 0. The van der Waals surface area contributed by atoms with Gasteiger partial charge in [0.15, 0.2) is 0 Å². The average molecular weight is 360 g/mol. The van der Waals surface area contributed by atoms with Gasteiger partial charge in [-0.25, -0.2) is 4.79 Å². The number of rotatable bonds is 5. The van der Waals surface area contributed by atoms with Crippen molar-refractivity contribution in [1.29, 1.82) is 0 Å². The van der Waals surface area contributed by atoms with Crippen LogP contribution in [0, 0.1) is 0 Å². The van der Waals surface area contributed by atoms with Crippen LogP contribution in [0.1, 0.15) is 34.6 Å². The molecule has 3 N–H and O–H groups in total. The molecule has 0 heterocycles. The molecule has 0 fully saturated rings. The maximum absolute atomic E-state index is 11.2. The molecule has 2 aromatic rings. The van der Waals surface area contributed by atoms with Crippen LogP contribution in [0.25, 0.3) is 0 Å². The van der Waals surface area contributed by atoms with Crippen LogP contribution >= 0.6 is 11.6 Å². The zero-order valence-electron chi connectivity index (χ0n) is 13.9. The van der Waals surface area contributed by atoms with Gasteiger partial charge in [-0.3, -0.25) is 0 Å². The van der Waals surface area contributed by atoms with Crippen LogP contribution in [-0.2, 0) is 19.3 Å². The second-order valence-corrected chi connectivity index (χ2v) is 6.98. The molecule has 2 unspecified atom stereocenters. The first-order chi connectivity index (χ1) is 12.1. The van der Waals surface area contributed by atoms with Gasteiger partial charge < -0.3 is 15.5 Å². The Labute approximate surface area is 152 Å². The number of fused-ring (bicyclic) bond motifs is 1. The topological polar surface area (TPSA) is 69.6 Å². The number of aryl methyl sites for hydroxylation is 1. The molecular weight excluding hydrogens is 338 g/mol. The number of hydrogen-bond donors (Lipinski definition) is 3. The van der Waals surface area contributed by atoms with E-state index in [0.29, 0.717) is 11.4 Å². The minimum absolute atomic E-state index is 0.0527. The van der Waals surface area contributed by atoms with Gasteiger partial charge in [-0.1, -0.05) is 41.9 Å². The second kappa shape index (κ2) is 7.89. The molecule has 2 aromatic carbocycles. The summed E-state index contributed by atoms with van der Waals surface area (Å²) in [6.45, 7) is 0.106. The van der Waals surface area contributed by atoms with Gasteiger partial charge in [-0.05, 0) is 60.1 Å². The van der Waals surface area contributed by atoms with Crippen molar-refractivity contribution in [2.75, 3.05) is 6.61 Å². The molecule has 0 saturated heterocycles. The Bertz CT molecular complexity index is 762. The lowest BCUT2D eigenvalue weighted by atomic mass is 9.75. The lowest BCUT2D eigenvalue weighted by Gasteiger charge is -2.34. The SMILES string of the molecule is O=C(O)NC1CCc2ccc(CCO)cc2C1Cc1cccc(Cl)c1. The van der Waals surface area contributed by atoms with Gasteiger partial charge in [0.05, 0.1) is 0 Å². The molecule has 1 amide bonds. The van der Waals surface area contributed by atoms with Crippen LogP contribution in [-0.4, -0.2) is 29.0 Å². The molecule has 0 saturated carbocycles. The summed E-state index contributed by atoms with van der Waals surface area (Å²) in [6.07, 6.45) is 1.97. The van der Waals surface area contributed by atoms with Crippen molar-refractivity contribution in [2.45, 2.75) is 37.6 Å². The third-order valence-electron chi connectivity index (χ3n) is 4.87. The van der Waals surface area contributed by atoms with Crippen LogP contribution in [0.2, 0.25) is 5.02 Å². The highest BCUT2D eigenvalue weighted by atomic mass is 35.5. The molecule has 1 aliphatic rings. The summed E-state index contributed by atoms with van der Waals surface area (Å²) >= 11 is 6.11. The number of aliphatic hydroxyl groups is 1. The molecule has 2 atom stereocenters. The van der Waals surface area contributed by atoms with Crippen molar-refractivity contribution in [3.05, 3.63) is 69.7 Å². The fourth-order valence-corrected chi connectivity index (χ4v) is 3.95. The molecule has 0 bridgehead atoms. The summed E-state index contributed by atoms with van der Waals surface area (Å²) in [5.74, 6) is 0.0527. The molecule has 4 nitrogen and oxygen atoms in total. The van der Waals surface area contributed by atoms with Crippen LogP contribution in [0.3, 0.4) is 0 Å².